The summed E-state index contributed by atoms with van der Waals surface area (Å²) in [5.74, 6) is 0.506. The minimum Gasteiger partial charge on any atom is -0.298 e. The molecule has 0 amide bonds. The second kappa shape index (κ2) is 2.86. The third kappa shape index (κ3) is 1.57. The number of Topliss-reactive ketones (excluding diaryl/α,β-unsaturated/α-hetero) is 1. The molecular formula is C5H7Cl2NO. The van der Waals surface area contributed by atoms with Gasteiger partial charge in [0.2, 0.25) is 0 Å². The van der Waals surface area contributed by atoms with Crippen molar-refractivity contribution in [2.24, 2.45) is 5.92 Å². The summed E-state index contributed by atoms with van der Waals surface area (Å²) in [4.78, 5) is 10.8. The average Bonchev–Trinajstić information content (AvgIpc) is 2.10. The zero-order chi connectivity index (χ0) is 6.85. The van der Waals surface area contributed by atoms with Gasteiger partial charge in [0.05, 0.1) is 6.54 Å². The third-order valence-electron chi connectivity index (χ3n) is 1.39. The Labute approximate surface area is 63.8 Å². The van der Waals surface area contributed by atoms with Gasteiger partial charge < -0.3 is 0 Å². The highest BCUT2D eigenvalue weighted by Gasteiger charge is 2.28. The number of ketones is 1. The quantitative estimate of drug-likeness (QED) is 0.427. The lowest BCUT2D eigenvalue weighted by Crippen LogP contribution is -2.11. The van der Waals surface area contributed by atoms with Crippen LogP contribution >= 0.6 is 23.4 Å². The van der Waals surface area contributed by atoms with Crippen molar-refractivity contribution in [3.8, 4) is 0 Å². The van der Waals surface area contributed by atoms with Crippen molar-refractivity contribution in [2.45, 2.75) is 0 Å². The fraction of sp³-hybridized carbons (Fsp3) is 0.800. The maximum atomic E-state index is 10.8. The molecule has 52 valence electrons. The largest absolute Gasteiger partial charge is 0.298 e. The number of carbonyl (C=O) groups is 1. The van der Waals surface area contributed by atoms with Gasteiger partial charge in [-0.25, -0.2) is 4.42 Å². The summed E-state index contributed by atoms with van der Waals surface area (Å²) in [7, 11) is 0. The van der Waals surface area contributed by atoms with Crippen LogP contribution in [0.15, 0.2) is 0 Å². The zero-order valence-electron chi connectivity index (χ0n) is 4.81. The fourth-order valence-corrected chi connectivity index (χ4v) is 1.39. The van der Waals surface area contributed by atoms with E-state index in [2.05, 4.69) is 0 Å². The van der Waals surface area contributed by atoms with Crippen LogP contribution in [0.3, 0.4) is 0 Å². The van der Waals surface area contributed by atoms with E-state index in [1.54, 1.807) is 0 Å². The predicted octanol–water partition coefficient (Wildman–Crippen LogP) is 0.880. The van der Waals surface area contributed by atoms with E-state index in [4.69, 9.17) is 23.4 Å². The third-order valence-corrected chi connectivity index (χ3v) is 2.02. The maximum Gasteiger partial charge on any atom is 0.153 e. The molecule has 1 saturated heterocycles. The molecule has 1 aliphatic rings. The van der Waals surface area contributed by atoms with E-state index in [0.29, 0.717) is 19.0 Å². The minimum atomic E-state index is -0.0378. The number of halogens is 2. The first-order chi connectivity index (χ1) is 4.24. The molecule has 1 atom stereocenters. The highest BCUT2D eigenvalue weighted by molar-refractivity contribution is 6.20. The SMILES string of the molecule is O=C1CN(Cl)CC1CCl. The molecule has 1 heterocycles. The Balaban J connectivity index is 2.48. The lowest BCUT2D eigenvalue weighted by molar-refractivity contribution is -0.119. The first-order valence-corrected chi connectivity index (χ1v) is 3.60. The standard InChI is InChI=1S/C5H7Cl2NO/c6-1-4-2-8(7)3-5(4)9/h4H,1-3H2. The van der Waals surface area contributed by atoms with Crippen LogP contribution in [0.4, 0.5) is 0 Å². The summed E-state index contributed by atoms with van der Waals surface area (Å²) in [6.07, 6.45) is 0. The van der Waals surface area contributed by atoms with Gasteiger partial charge in [0.25, 0.3) is 0 Å². The van der Waals surface area contributed by atoms with Crippen molar-refractivity contribution in [2.75, 3.05) is 19.0 Å². The highest BCUT2D eigenvalue weighted by Crippen LogP contribution is 2.15. The first-order valence-electron chi connectivity index (χ1n) is 2.73. The van der Waals surface area contributed by atoms with E-state index in [-0.39, 0.29) is 11.7 Å². The van der Waals surface area contributed by atoms with Crippen LogP contribution in [0.1, 0.15) is 0 Å². The second-order valence-electron chi connectivity index (χ2n) is 2.12. The molecule has 0 aromatic carbocycles. The summed E-state index contributed by atoms with van der Waals surface area (Å²) in [6.45, 7) is 0.947. The van der Waals surface area contributed by atoms with Gasteiger partial charge in [-0.1, -0.05) is 0 Å². The number of alkyl halides is 1. The van der Waals surface area contributed by atoms with Crippen molar-refractivity contribution >= 4 is 29.2 Å². The summed E-state index contributed by atoms with van der Waals surface area (Å²) >= 11 is 11.0. The van der Waals surface area contributed by atoms with E-state index in [1.807, 2.05) is 0 Å². The van der Waals surface area contributed by atoms with Gasteiger partial charge in [-0.15, -0.1) is 11.6 Å². The summed E-state index contributed by atoms with van der Waals surface area (Å²) in [6, 6.07) is 0. The van der Waals surface area contributed by atoms with E-state index >= 15 is 0 Å². The molecule has 9 heavy (non-hydrogen) atoms. The molecule has 2 nitrogen and oxygen atoms in total. The molecule has 0 aliphatic carbocycles. The molecule has 0 aromatic heterocycles. The smallest absolute Gasteiger partial charge is 0.153 e. The van der Waals surface area contributed by atoms with Crippen molar-refractivity contribution in [1.82, 2.24) is 4.42 Å². The molecular weight excluding hydrogens is 161 g/mol. The molecule has 0 radical (unpaired) electrons. The van der Waals surface area contributed by atoms with Crippen LogP contribution < -0.4 is 0 Å². The highest BCUT2D eigenvalue weighted by atomic mass is 35.5. The van der Waals surface area contributed by atoms with Gasteiger partial charge in [-0.2, -0.15) is 0 Å². The Bertz CT molecular complexity index is 128. The zero-order valence-corrected chi connectivity index (χ0v) is 6.32. The van der Waals surface area contributed by atoms with Crippen molar-refractivity contribution in [3.63, 3.8) is 0 Å². The molecule has 4 heteroatoms. The van der Waals surface area contributed by atoms with Gasteiger partial charge in [-0.3, -0.25) is 4.79 Å². The maximum absolute atomic E-state index is 10.8. The van der Waals surface area contributed by atoms with Crippen LogP contribution in [-0.2, 0) is 4.79 Å². The molecule has 0 bridgehead atoms. The Morgan fingerprint density at radius 2 is 2.44 bits per heavy atom. The van der Waals surface area contributed by atoms with E-state index in [1.165, 1.54) is 4.42 Å². The van der Waals surface area contributed by atoms with Crippen molar-refractivity contribution in [1.29, 1.82) is 0 Å². The van der Waals surface area contributed by atoms with Crippen molar-refractivity contribution < 1.29 is 4.79 Å². The van der Waals surface area contributed by atoms with E-state index in [0.717, 1.165) is 0 Å². The first kappa shape index (κ1) is 7.32. The fourth-order valence-electron chi connectivity index (χ4n) is 0.839. The molecule has 0 aromatic rings. The lowest BCUT2D eigenvalue weighted by Gasteiger charge is -2.00. The number of hydrogen-bond donors (Lipinski definition) is 0. The van der Waals surface area contributed by atoms with Crippen LogP contribution in [0.5, 0.6) is 0 Å². The summed E-state index contributed by atoms with van der Waals surface area (Å²) in [5, 5.41) is 0. The Morgan fingerprint density at radius 3 is 2.67 bits per heavy atom. The monoisotopic (exact) mass is 167 g/mol. The van der Waals surface area contributed by atoms with Gasteiger partial charge in [-0.05, 0) is 11.8 Å². The minimum absolute atomic E-state index is 0.0378. The van der Waals surface area contributed by atoms with Crippen LogP contribution in [-0.4, -0.2) is 29.2 Å². The predicted molar refractivity (Wildman–Crippen MR) is 36.6 cm³/mol. The summed E-state index contributed by atoms with van der Waals surface area (Å²) in [5.41, 5.74) is 0. The van der Waals surface area contributed by atoms with Crippen LogP contribution in [0.2, 0.25) is 0 Å². The van der Waals surface area contributed by atoms with E-state index < -0.39 is 0 Å². The van der Waals surface area contributed by atoms with E-state index in [9.17, 15) is 4.79 Å². The van der Waals surface area contributed by atoms with Gasteiger partial charge in [0.1, 0.15) is 0 Å². The van der Waals surface area contributed by atoms with Crippen LogP contribution in [0.25, 0.3) is 0 Å². The molecule has 1 rings (SSSR count). The molecule has 0 saturated carbocycles. The van der Waals surface area contributed by atoms with Gasteiger partial charge >= 0.3 is 0 Å². The molecule has 0 N–H and O–H groups in total. The Hall–Kier alpha value is 0.210. The normalized spacial score (nSPS) is 29.6. The van der Waals surface area contributed by atoms with Gasteiger partial charge in [0.15, 0.2) is 5.78 Å². The van der Waals surface area contributed by atoms with Gasteiger partial charge in [0, 0.05) is 18.3 Å². The topological polar surface area (TPSA) is 20.3 Å². The molecule has 1 unspecified atom stereocenters. The number of carbonyl (C=O) groups excluding carboxylic acids is 1. The van der Waals surface area contributed by atoms with Crippen LogP contribution in [0, 0.1) is 5.92 Å². The van der Waals surface area contributed by atoms with Crippen molar-refractivity contribution in [3.05, 3.63) is 0 Å². The Kier molecular flexibility index (Phi) is 2.33. The number of hydrogen-bond acceptors (Lipinski definition) is 2. The average molecular weight is 168 g/mol. The lowest BCUT2D eigenvalue weighted by atomic mass is 10.1. The number of nitrogens with zero attached hydrogens (tertiary/aromatic N) is 1. The summed E-state index contributed by atoms with van der Waals surface area (Å²) < 4.78 is 1.47. The molecule has 1 aliphatic heterocycles. The molecule has 1 fully saturated rings. The number of rotatable bonds is 1. The Morgan fingerprint density at radius 1 is 1.78 bits per heavy atom. The molecule has 0 spiro atoms. The second-order valence-corrected chi connectivity index (χ2v) is 2.91.